The molecule has 0 saturated carbocycles. The summed E-state index contributed by atoms with van der Waals surface area (Å²) in [6, 6.07) is 12.1. The van der Waals surface area contributed by atoms with Gasteiger partial charge in [-0.15, -0.1) is 0 Å². The molecular weight excluding hydrogens is 483 g/mol. The highest BCUT2D eigenvalue weighted by atomic mass is 19.1. The van der Waals surface area contributed by atoms with E-state index in [1.165, 1.54) is 6.07 Å². The fourth-order valence-electron chi connectivity index (χ4n) is 4.11. The predicted molar refractivity (Wildman–Crippen MR) is 143 cm³/mol. The minimum atomic E-state index is -0.535. The maximum Gasteiger partial charge on any atom is 0.229 e. The molecule has 0 radical (unpaired) electrons. The number of H-pyrrole nitrogens is 2. The molecule has 0 bridgehead atoms. The molecule has 3 N–H and O–H groups in total. The monoisotopic (exact) mass is 506 g/mol. The Labute approximate surface area is 216 Å². The van der Waals surface area contributed by atoms with Crippen LogP contribution < -0.4 is 5.32 Å². The number of fused-ring (bicyclic) bond motifs is 2. The lowest BCUT2D eigenvalue weighted by molar-refractivity contribution is -0.123. The Morgan fingerprint density at radius 1 is 0.895 bits per heavy atom. The number of carbonyl (C=O) groups excluding carboxylic acids is 1. The molecule has 6 aromatic rings. The number of nitrogens with one attached hydrogen (secondary N) is 3. The van der Waals surface area contributed by atoms with Crippen LogP contribution in [0.5, 0.6) is 0 Å². The molecule has 0 saturated heterocycles. The number of pyridine rings is 3. The summed E-state index contributed by atoms with van der Waals surface area (Å²) in [5.74, 6) is 0.0225. The SMILES string of the molecule is CC(C)(C)C(=O)Nc1cncc(-c2ccc3[nH]nc(-c4nc5c(-c6ccccc6F)cncc5[nH]4)c3n2)c1. The van der Waals surface area contributed by atoms with Crippen molar-refractivity contribution >= 4 is 33.7 Å². The van der Waals surface area contributed by atoms with E-state index in [0.29, 0.717) is 50.6 Å². The Balaban J connectivity index is 1.41. The highest BCUT2D eigenvalue weighted by Crippen LogP contribution is 2.32. The molecule has 188 valence electrons. The number of aromatic amines is 2. The van der Waals surface area contributed by atoms with Crippen molar-refractivity contribution in [3.63, 3.8) is 0 Å². The summed E-state index contributed by atoms with van der Waals surface area (Å²) in [5, 5.41) is 10.4. The quantitative estimate of drug-likeness (QED) is 0.280. The number of carbonyl (C=O) groups is 1. The first kappa shape index (κ1) is 23.4. The molecule has 0 aliphatic rings. The van der Waals surface area contributed by atoms with Crippen molar-refractivity contribution in [2.75, 3.05) is 5.32 Å². The summed E-state index contributed by atoms with van der Waals surface area (Å²) in [6.07, 6.45) is 6.54. The third-order valence-corrected chi connectivity index (χ3v) is 6.16. The number of amides is 1. The molecule has 0 aliphatic carbocycles. The summed E-state index contributed by atoms with van der Waals surface area (Å²) in [4.78, 5) is 33.8. The van der Waals surface area contributed by atoms with Crippen molar-refractivity contribution in [2.45, 2.75) is 20.8 Å². The Bertz CT molecular complexity index is 1830. The van der Waals surface area contributed by atoms with Crippen LogP contribution in [0.2, 0.25) is 0 Å². The van der Waals surface area contributed by atoms with Gasteiger partial charge in [-0.3, -0.25) is 19.9 Å². The van der Waals surface area contributed by atoms with Crippen molar-refractivity contribution in [3.8, 4) is 33.9 Å². The van der Waals surface area contributed by atoms with Crippen LogP contribution in [0.25, 0.3) is 56.0 Å². The lowest BCUT2D eigenvalue weighted by Crippen LogP contribution is -2.27. The number of hydrogen-bond acceptors (Lipinski definition) is 6. The normalized spacial score (nSPS) is 11.8. The van der Waals surface area contributed by atoms with E-state index in [2.05, 4.69) is 30.5 Å². The third-order valence-electron chi connectivity index (χ3n) is 6.16. The Morgan fingerprint density at radius 2 is 1.71 bits per heavy atom. The van der Waals surface area contributed by atoms with Crippen LogP contribution in [0.4, 0.5) is 10.1 Å². The number of aromatic nitrogens is 7. The molecule has 1 aromatic carbocycles. The Hall–Kier alpha value is -4.99. The summed E-state index contributed by atoms with van der Waals surface area (Å²) >= 11 is 0. The van der Waals surface area contributed by atoms with Gasteiger partial charge in [0.05, 0.1) is 34.8 Å². The summed E-state index contributed by atoms with van der Waals surface area (Å²) in [7, 11) is 0. The number of anilines is 1. The van der Waals surface area contributed by atoms with Crippen molar-refractivity contribution in [1.82, 2.24) is 35.1 Å². The third kappa shape index (κ3) is 4.15. The molecule has 1 amide bonds. The molecule has 10 heteroatoms. The molecule has 9 nitrogen and oxygen atoms in total. The van der Waals surface area contributed by atoms with Crippen LogP contribution >= 0.6 is 0 Å². The lowest BCUT2D eigenvalue weighted by Gasteiger charge is -2.17. The maximum atomic E-state index is 14.5. The van der Waals surface area contributed by atoms with E-state index in [0.717, 1.165) is 11.1 Å². The van der Waals surface area contributed by atoms with E-state index < -0.39 is 5.41 Å². The average molecular weight is 507 g/mol. The summed E-state index contributed by atoms with van der Waals surface area (Å²) in [6.45, 7) is 5.55. The van der Waals surface area contributed by atoms with Crippen LogP contribution in [0.1, 0.15) is 20.8 Å². The van der Waals surface area contributed by atoms with Crippen LogP contribution in [-0.4, -0.2) is 41.0 Å². The minimum absolute atomic E-state index is 0.105. The zero-order valence-electron chi connectivity index (χ0n) is 20.9. The molecule has 0 spiro atoms. The van der Waals surface area contributed by atoms with Crippen LogP contribution in [-0.2, 0) is 4.79 Å². The second-order valence-electron chi connectivity index (χ2n) is 9.98. The lowest BCUT2D eigenvalue weighted by atomic mass is 9.95. The molecule has 0 fully saturated rings. The topological polar surface area (TPSA) is 125 Å². The van der Waals surface area contributed by atoms with Gasteiger partial charge < -0.3 is 10.3 Å². The van der Waals surface area contributed by atoms with Gasteiger partial charge in [-0.1, -0.05) is 39.0 Å². The van der Waals surface area contributed by atoms with Gasteiger partial charge in [-0.2, -0.15) is 5.10 Å². The molecule has 0 unspecified atom stereocenters. The Morgan fingerprint density at radius 3 is 2.53 bits per heavy atom. The van der Waals surface area contributed by atoms with E-state index >= 15 is 0 Å². The van der Waals surface area contributed by atoms with Crippen LogP contribution in [0, 0.1) is 11.2 Å². The van der Waals surface area contributed by atoms with Gasteiger partial charge >= 0.3 is 0 Å². The molecule has 5 aromatic heterocycles. The van der Waals surface area contributed by atoms with E-state index in [-0.39, 0.29) is 11.7 Å². The highest BCUT2D eigenvalue weighted by Gasteiger charge is 2.22. The van der Waals surface area contributed by atoms with Gasteiger partial charge in [-0.05, 0) is 24.3 Å². The number of nitrogens with zero attached hydrogens (tertiary/aromatic N) is 5. The Kier molecular flexibility index (Phi) is 5.45. The van der Waals surface area contributed by atoms with Gasteiger partial charge in [0.2, 0.25) is 5.91 Å². The molecule has 0 aliphatic heterocycles. The van der Waals surface area contributed by atoms with E-state index in [1.54, 1.807) is 43.0 Å². The first-order valence-electron chi connectivity index (χ1n) is 12.0. The predicted octanol–water partition coefficient (Wildman–Crippen LogP) is 5.75. The van der Waals surface area contributed by atoms with Crippen LogP contribution in [0.15, 0.2) is 67.3 Å². The summed E-state index contributed by atoms with van der Waals surface area (Å²) < 4.78 is 14.5. The second kappa shape index (κ2) is 8.84. The van der Waals surface area contributed by atoms with Gasteiger partial charge in [0.15, 0.2) is 11.5 Å². The molecule has 5 heterocycles. The molecular formula is C28H23FN8O. The summed E-state index contributed by atoms with van der Waals surface area (Å²) in [5.41, 5.74) is 5.52. The van der Waals surface area contributed by atoms with Gasteiger partial charge in [0.25, 0.3) is 0 Å². The molecule has 6 rings (SSSR count). The second-order valence-corrected chi connectivity index (χ2v) is 9.98. The zero-order valence-corrected chi connectivity index (χ0v) is 20.9. The van der Waals surface area contributed by atoms with E-state index in [1.807, 2.05) is 39.0 Å². The van der Waals surface area contributed by atoms with Crippen molar-refractivity contribution in [1.29, 1.82) is 0 Å². The number of benzene rings is 1. The first-order chi connectivity index (χ1) is 18.3. The number of imidazole rings is 1. The van der Waals surface area contributed by atoms with Gasteiger partial charge in [-0.25, -0.2) is 14.4 Å². The first-order valence-corrected chi connectivity index (χ1v) is 12.0. The number of hydrogen-bond donors (Lipinski definition) is 3. The molecule has 0 atom stereocenters. The van der Waals surface area contributed by atoms with Gasteiger partial charge in [0.1, 0.15) is 16.9 Å². The fourth-order valence-corrected chi connectivity index (χ4v) is 4.11. The standard InChI is InChI=1S/C28H23FN8O/c1-28(2,3)27(38)32-16-10-15(11-30-12-16)20-8-9-21-24(33-20)25(37-36-21)26-34-22-14-31-13-18(23(22)35-26)17-6-4-5-7-19(17)29/h4-14H,1-3H3,(H,32,38)(H,34,35)(H,36,37). The smallest absolute Gasteiger partial charge is 0.229 e. The van der Waals surface area contributed by atoms with E-state index in [9.17, 15) is 9.18 Å². The zero-order chi connectivity index (χ0) is 26.4. The van der Waals surface area contributed by atoms with Crippen molar-refractivity contribution in [3.05, 3.63) is 73.1 Å². The largest absolute Gasteiger partial charge is 0.335 e. The average Bonchev–Trinajstić information content (AvgIpc) is 3.52. The fraction of sp³-hybridized carbons (Fsp3) is 0.143. The van der Waals surface area contributed by atoms with Crippen LogP contribution in [0.3, 0.4) is 0 Å². The number of rotatable bonds is 4. The number of halogens is 1. The van der Waals surface area contributed by atoms with Gasteiger partial charge in [0, 0.05) is 34.5 Å². The van der Waals surface area contributed by atoms with Crippen molar-refractivity contribution < 1.29 is 9.18 Å². The highest BCUT2D eigenvalue weighted by molar-refractivity contribution is 5.96. The van der Waals surface area contributed by atoms with E-state index in [4.69, 9.17) is 9.97 Å². The minimum Gasteiger partial charge on any atom is -0.335 e. The maximum absolute atomic E-state index is 14.5. The van der Waals surface area contributed by atoms with Crippen molar-refractivity contribution in [2.24, 2.45) is 5.41 Å². The molecule has 38 heavy (non-hydrogen) atoms.